The van der Waals surface area contributed by atoms with Crippen LogP contribution < -0.4 is 5.32 Å². The van der Waals surface area contributed by atoms with Crippen LogP contribution in [0.1, 0.15) is 17.3 Å². The molecule has 3 nitrogen and oxygen atoms in total. The number of nitrogens with one attached hydrogen (secondary N) is 1. The number of aliphatic hydroxyl groups is 1. The second kappa shape index (κ2) is 6.42. The Hall–Kier alpha value is -0.520. The molecule has 0 saturated carbocycles. The van der Waals surface area contributed by atoms with Crippen molar-refractivity contribution in [1.82, 2.24) is 5.32 Å². The van der Waals surface area contributed by atoms with Crippen molar-refractivity contribution in [2.75, 3.05) is 18.6 Å². The number of amides is 1. The Morgan fingerprint density at radius 2 is 2.29 bits per heavy atom. The van der Waals surface area contributed by atoms with Gasteiger partial charge in [0.05, 0.1) is 5.60 Å². The monoisotopic (exact) mass is 317 g/mol. The number of thioether (sulfide) groups is 1. The first-order chi connectivity index (χ1) is 7.94. The van der Waals surface area contributed by atoms with Crippen molar-refractivity contribution in [2.45, 2.75) is 12.5 Å². The summed E-state index contributed by atoms with van der Waals surface area (Å²) in [5, 5.41) is 12.6. The van der Waals surface area contributed by atoms with Gasteiger partial charge in [0.15, 0.2) is 0 Å². The van der Waals surface area contributed by atoms with Crippen LogP contribution in [-0.2, 0) is 0 Å². The number of benzene rings is 1. The van der Waals surface area contributed by atoms with E-state index < -0.39 is 5.60 Å². The van der Waals surface area contributed by atoms with E-state index in [1.54, 1.807) is 36.9 Å². The van der Waals surface area contributed by atoms with Gasteiger partial charge in [-0.25, -0.2) is 0 Å². The predicted octanol–water partition coefficient (Wildman–Crippen LogP) is 2.29. The minimum atomic E-state index is -0.874. The van der Waals surface area contributed by atoms with E-state index >= 15 is 0 Å². The van der Waals surface area contributed by atoms with Crippen molar-refractivity contribution >= 4 is 33.6 Å². The van der Waals surface area contributed by atoms with Crippen molar-refractivity contribution in [1.29, 1.82) is 0 Å². The van der Waals surface area contributed by atoms with Crippen LogP contribution in [0, 0.1) is 0 Å². The Balaban J connectivity index is 2.56. The predicted molar refractivity (Wildman–Crippen MR) is 75.5 cm³/mol. The lowest BCUT2D eigenvalue weighted by atomic mass is 10.1. The topological polar surface area (TPSA) is 49.3 Å². The molecule has 17 heavy (non-hydrogen) atoms. The molecule has 0 aliphatic rings. The van der Waals surface area contributed by atoms with Gasteiger partial charge in [-0.3, -0.25) is 4.79 Å². The van der Waals surface area contributed by atoms with Gasteiger partial charge in [-0.05, 0) is 31.4 Å². The van der Waals surface area contributed by atoms with E-state index in [0.717, 1.165) is 4.47 Å². The van der Waals surface area contributed by atoms with Crippen LogP contribution in [0.25, 0.3) is 0 Å². The number of hydrogen-bond donors (Lipinski definition) is 2. The molecule has 0 aromatic heterocycles. The van der Waals surface area contributed by atoms with Crippen molar-refractivity contribution in [3.8, 4) is 0 Å². The van der Waals surface area contributed by atoms with E-state index in [2.05, 4.69) is 21.2 Å². The molecule has 0 unspecified atom stereocenters. The van der Waals surface area contributed by atoms with Gasteiger partial charge in [-0.2, -0.15) is 11.8 Å². The van der Waals surface area contributed by atoms with Crippen molar-refractivity contribution in [3.63, 3.8) is 0 Å². The summed E-state index contributed by atoms with van der Waals surface area (Å²) in [7, 11) is 0. The summed E-state index contributed by atoms with van der Waals surface area (Å²) in [6.45, 7) is 1.96. The third kappa shape index (κ3) is 5.10. The normalized spacial score (nSPS) is 14.1. The number of rotatable bonds is 5. The summed E-state index contributed by atoms with van der Waals surface area (Å²) in [6.07, 6.45) is 1.92. The Morgan fingerprint density at radius 1 is 1.59 bits per heavy atom. The number of carbonyl (C=O) groups is 1. The standard InChI is InChI=1S/C12H16BrNO2S/c1-12(16,8-17-2)7-14-11(15)9-4-3-5-10(13)6-9/h3-6,16H,7-8H2,1-2H3,(H,14,15)/t12-/m0/s1. The van der Waals surface area contributed by atoms with Gasteiger partial charge in [-0.15, -0.1) is 0 Å². The van der Waals surface area contributed by atoms with E-state index in [0.29, 0.717) is 11.3 Å². The van der Waals surface area contributed by atoms with Gasteiger partial charge < -0.3 is 10.4 Å². The second-order valence-corrected chi connectivity index (χ2v) is 5.90. The maximum atomic E-state index is 11.8. The summed E-state index contributed by atoms with van der Waals surface area (Å²) < 4.78 is 0.862. The molecule has 0 bridgehead atoms. The van der Waals surface area contributed by atoms with Gasteiger partial charge in [0.2, 0.25) is 0 Å². The fourth-order valence-corrected chi connectivity index (χ4v) is 2.49. The first-order valence-electron chi connectivity index (χ1n) is 5.20. The Kier molecular flexibility index (Phi) is 5.49. The zero-order valence-electron chi connectivity index (χ0n) is 9.87. The summed E-state index contributed by atoms with van der Waals surface area (Å²) in [6, 6.07) is 7.15. The van der Waals surface area contributed by atoms with Crippen LogP contribution in [0.15, 0.2) is 28.7 Å². The molecule has 0 saturated heterocycles. The quantitative estimate of drug-likeness (QED) is 0.876. The molecule has 1 aromatic rings. The Labute approximate surface area is 114 Å². The summed E-state index contributed by atoms with van der Waals surface area (Å²) in [5.41, 5.74) is -0.291. The van der Waals surface area contributed by atoms with Gasteiger partial charge in [-0.1, -0.05) is 22.0 Å². The minimum absolute atomic E-state index is 0.173. The van der Waals surface area contributed by atoms with Gasteiger partial charge in [0, 0.05) is 22.3 Å². The molecule has 0 fully saturated rings. The van der Waals surface area contributed by atoms with Gasteiger partial charge in [0.25, 0.3) is 5.91 Å². The first-order valence-corrected chi connectivity index (χ1v) is 7.38. The lowest BCUT2D eigenvalue weighted by Gasteiger charge is -2.22. The minimum Gasteiger partial charge on any atom is -0.387 e. The molecule has 0 radical (unpaired) electrons. The lowest BCUT2D eigenvalue weighted by molar-refractivity contribution is 0.0725. The van der Waals surface area contributed by atoms with Crippen molar-refractivity contribution < 1.29 is 9.90 Å². The SMILES string of the molecule is CSC[C@@](C)(O)CNC(=O)c1cccc(Br)c1. The lowest BCUT2D eigenvalue weighted by Crippen LogP contribution is -2.42. The Morgan fingerprint density at radius 3 is 2.88 bits per heavy atom. The van der Waals surface area contributed by atoms with E-state index in [9.17, 15) is 9.90 Å². The number of hydrogen-bond acceptors (Lipinski definition) is 3. The van der Waals surface area contributed by atoms with Crippen LogP contribution in [0.4, 0.5) is 0 Å². The van der Waals surface area contributed by atoms with E-state index in [1.165, 1.54) is 0 Å². The molecule has 2 N–H and O–H groups in total. The molecule has 1 amide bonds. The molecule has 94 valence electrons. The Bertz CT molecular complexity index is 396. The first kappa shape index (κ1) is 14.5. The van der Waals surface area contributed by atoms with Crippen LogP contribution in [0.2, 0.25) is 0 Å². The molecule has 1 aromatic carbocycles. The van der Waals surface area contributed by atoms with Crippen LogP contribution in [-0.4, -0.2) is 35.2 Å². The van der Waals surface area contributed by atoms with Gasteiger partial charge in [0.1, 0.15) is 0 Å². The molecule has 0 aliphatic carbocycles. The fraction of sp³-hybridized carbons (Fsp3) is 0.417. The van der Waals surface area contributed by atoms with E-state index in [1.807, 2.05) is 12.3 Å². The van der Waals surface area contributed by atoms with Crippen molar-refractivity contribution in [3.05, 3.63) is 34.3 Å². The van der Waals surface area contributed by atoms with Crippen LogP contribution in [0.5, 0.6) is 0 Å². The molecule has 0 spiro atoms. The van der Waals surface area contributed by atoms with E-state index in [-0.39, 0.29) is 12.5 Å². The zero-order valence-corrected chi connectivity index (χ0v) is 12.3. The number of carbonyl (C=O) groups excluding carboxylic acids is 1. The summed E-state index contributed by atoms with van der Waals surface area (Å²) in [4.78, 5) is 11.8. The fourth-order valence-electron chi connectivity index (χ4n) is 1.36. The molecule has 0 heterocycles. The summed E-state index contributed by atoms with van der Waals surface area (Å²) >= 11 is 4.86. The molecule has 1 atom stereocenters. The largest absolute Gasteiger partial charge is 0.387 e. The molecule has 0 aliphatic heterocycles. The highest BCUT2D eigenvalue weighted by Crippen LogP contribution is 2.12. The van der Waals surface area contributed by atoms with Gasteiger partial charge >= 0.3 is 0 Å². The zero-order chi connectivity index (χ0) is 12.9. The smallest absolute Gasteiger partial charge is 0.251 e. The highest BCUT2D eigenvalue weighted by atomic mass is 79.9. The van der Waals surface area contributed by atoms with Crippen LogP contribution >= 0.6 is 27.7 Å². The molecular weight excluding hydrogens is 302 g/mol. The maximum Gasteiger partial charge on any atom is 0.251 e. The number of halogens is 1. The third-order valence-electron chi connectivity index (χ3n) is 2.17. The maximum absolute atomic E-state index is 11.8. The third-order valence-corrected chi connectivity index (χ3v) is 3.58. The van der Waals surface area contributed by atoms with E-state index in [4.69, 9.17) is 0 Å². The highest BCUT2D eigenvalue weighted by Gasteiger charge is 2.20. The summed E-state index contributed by atoms with van der Waals surface area (Å²) in [5.74, 6) is 0.416. The second-order valence-electron chi connectivity index (χ2n) is 4.12. The van der Waals surface area contributed by atoms with Crippen LogP contribution in [0.3, 0.4) is 0 Å². The molecular formula is C12H16BrNO2S. The molecule has 1 rings (SSSR count). The highest BCUT2D eigenvalue weighted by molar-refractivity contribution is 9.10. The van der Waals surface area contributed by atoms with Crippen molar-refractivity contribution in [2.24, 2.45) is 0 Å². The molecule has 5 heteroatoms. The average Bonchev–Trinajstić information content (AvgIpc) is 2.26. The average molecular weight is 318 g/mol.